The summed E-state index contributed by atoms with van der Waals surface area (Å²) >= 11 is 0. The molecule has 0 atom stereocenters. The third kappa shape index (κ3) is 3.48. The predicted molar refractivity (Wildman–Crippen MR) is 60.2 cm³/mol. The van der Waals surface area contributed by atoms with Gasteiger partial charge in [0.15, 0.2) is 17.3 Å². The van der Waals surface area contributed by atoms with Crippen molar-refractivity contribution in [3.63, 3.8) is 0 Å². The maximum atomic E-state index is 11.6. The number of rotatable bonds is 5. The average molecular weight is 238 g/mol. The molecule has 0 unspecified atom stereocenters. The summed E-state index contributed by atoms with van der Waals surface area (Å²) in [6.45, 7) is 2.14. The summed E-state index contributed by atoms with van der Waals surface area (Å²) in [6.07, 6.45) is -0.327. The van der Waals surface area contributed by atoms with E-state index in [4.69, 9.17) is 4.74 Å². The van der Waals surface area contributed by atoms with Gasteiger partial charge in [0.25, 0.3) is 0 Å². The molecule has 0 fully saturated rings. The van der Waals surface area contributed by atoms with Crippen LogP contribution in [0.3, 0.4) is 0 Å². The largest absolute Gasteiger partial charge is 0.504 e. The molecule has 0 saturated heterocycles. The SMILES string of the molecule is CCOc1cc(C(=O)CC(=O)OC)ccc1O. The number of carbonyl (C=O) groups is 2. The number of ether oxygens (including phenoxy) is 2. The summed E-state index contributed by atoms with van der Waals surface area (Å²) in [4.78, 5) is 22.6. The molecule has 17 heavy (non-hydrogen) atoms. The zero-order valence-electron chi connectivity index (χ0n) is 9.73. The number of Topliss-reactive ketones (excluding diaryl/α,β-unsaturated/α-hetero) is 1. The maximum Gasteiger partial charge on any atom is 0.313 e. The summed E-state index contributed by atoms with van der Waals surface area (Å²) < 4.78 is 9.54. The minimum atomic E-state index is -0.596. The number of phenols is 1. The van der Waals surface area contributed by atoms with E-state index in [1.165, 1.54) is 25.3 Å². The molecule has 0 heterocycles. The Morgan fingerprint density at radius 1 is 1.35 bits per heavy atom. The fourth-order valence-corrected chi connectivity index (χ4v) is 1.26. The highest BCUT2D eigenvalue weighted by Crippen LogP contribution is 2.27. The Morgan fingerprint density at radius 2 is 2.06 bits per heavy atom. The number of hydrogen-bond acceptors (Lipinski definition) is 5. The van der Waals surface area contributed by atoms with Crippen molar-refractivity contribution in [1.82, 2.24) is 0 Å². The van der Waals surface area contributed by atoms with Crippen LogP contribution in [-0.4, -0.2) is 30.6 Å². The normalized spacial score (nSPS) is 9.76. The number of ketones is 1. The Balaban J connectivity index is 2.87. The standard InChI is InChI=1S/C12H14O5/c1-3-17-11-6-8(4-5-9(11)13)10(14)7-12(15)16-2/h4-6,13H,3,7H2,1-2H3. The minimum Gasteiger partial charge on any atom is -0.504 e. The molecule has 5 heteroatoms. The van der Waals surface area contributed by atoms with Crippen LogP contribution in [0.1, 0.15) is 23.7 Å². The van der Waals surface area contributed by atoms with Crippen LogP contribution in [0.25, 0.3) is 0 Å². The van der Waals surface area contributed by atoms with Crippen molar-refractivity contribution >= 4 is 11.8 Å². The minimum absolute atomic E-state index is 0.0403. The number of hydrogen-bond donors (Lipinski definition) is 1. The second-order valence-corrected chi connectivity index (χ2v) is 3.29. The molecule has 0 aliphatic carbocycles. The van der Waals surface area contributed by atoms with Gasteiger partial charge in [0.2, 0.25) is 0 Å². The molecule has 0 bridgehead atoms. The van der Waals surface area contributed by atoms with Crippen molar-refractivity contribution in [2.45, 2.75) is 13.3 Å². The van der Waals surface area contributed by atoms with Gasteiger partial charge in [0.05, 0.1) is 13.7 Å². The van der Waals surface area contributed by atoms with E-state index in [0.717, 1.165) is 0 Å². The van der Waals surface area contributed by atoms with Gasteiger partial charge in [-0.15, -0.1) is 0 Å². The molecule has 1 rings (SSSR count). The van der Waals surface area contributed by atoms with Crippen LogP contribution in [-0.2, 0) is 9.53 Å². The van der Waals surface area contributed by atoms with Crippen molar-refractivity contribution < 1.29 is 24.2 Å². The number of benzene rings is 1. The second kappa shape index (κ2) is 5.89. The maximum absolute atomic E-state index is 11.6. The molecule has 0 aliphatic rings. The lowest BCUT2D eigenvalue weighted by Crippen LogP contribution is -2.09. The molecular weight excluding hydrogens is 224 g/mol. The van der Waals surface area contributed by atoms with Crippen LogP contribution in [0.15, 0.2) is 18.2 Å². The predicted octanol–water partition coefficient (Wildman–Crippen LogP) is 1.54. The van der Waals surface area contributed by atoms with Crippen LogP contribution in [0, 0.1) is 0 Å². The molecule has 1 aromatic rings. The van der Waals surface area contributed by atoms with E-state index >= 15 is 0 Å². The first kappa shape index (κ1) is 13.0. The number of esters is 1. The van der Waals surface area contributed by atoms with Crippen molar-refractivity contribution in [2.75, 3.05) is 13.7 Å². The van der Waals surface area contributed by atoms with Crippen molar-refractivity contribution in [3.05, 3.63) is 23.8 Å². The molecule has 0 aromatic heterocycles. The van der Waals surface area contributed by atoms with E-state index in [-0.39, 0.29) is 23.7 Å². The zero-order chi connectivity index (χ0) is 12.8. The number of carbonyl (C=O) groups excluding carboxylic acids is 2. The average Bonchev–Trinajstić information content (AvgIpc) is 2.32. The van der Waals surface area contributed by atoms with E-state index in [0.29, 0.717) is 12.2 Å². The van der Waals surface area contributed by atoms with Gasteiger partial charge in [-0.05, 0) is 25.1 Å². The molecule has 1 aromatic carbocycles. The summed E-state index contributed by atoms with van der Waals surface area (Å²) in [5.74, 6) is -0.788. The summed E-state index contributed by atoms with van der Waals surface area (Å²) in [7, 11) is 1.22. The Morgan fingerprint density at radius 3 is 2.65 bits per heavy atom. The lowest BCUT2D eigenvalue weighted by molar-refractivity contribution is -0.139. The Bertz CT molecular complexity index is 425. The molecule has 0 radical (unpaired) electrons. The third-order valence-electron chi connectivity index (χ3n) is 2.11. The molecule has 92 valence electrons. The smallest absolute Gasteiger partial charge is 0.313 e. The molecule has 1 N–H and O–H groups in total. The fraction of sp³-hybridized carbons (Fsp3) is 0.333. The van der Waals surface area contributed by atoms with Crippen LogP contribution >= 0.6 is 0 Å². The number of phenolic OH excluding ortho intramolecular Hbond substituents is 1. The van der Waals surface area contributed by atoms with Gasteiger partial charge in [-0.3, -0.25) is 9.59 Å². The molecule has 5 nitrogen and oxygen atoms in total. The highest BCUT2D eigenvalue weighted by molar-refractivity contribution is 6.06. The number of methoxy groups -OCH3 is 1. The van der Waals surface area contributed by atoms with Crippen LogP contribution < -0.4 is 4.74 Å². The van der Waals surface area contributed by atoms with E-state index in [2.05, 4.69) is 4.74 Å². The molecular formula is C12H14O5. The van der Waals surface area contributed by atoms with Gasteiger partial charge in [-0.1, -0.05) is 0 Å². The van der Waals surface area contributed by atoms with E-state index in [9.17, 15) is 14.7 Å². The highest BCUT2D eigenvalue weighted by atomic mass is 16.5. The molecule has 0 saturated carbocycles. The first-order chi connectivity index (χ1) is 8.08. The first-order valence-electron chi connectivity index (χ1n) is 5.14. The van der Waals surface area contributed by atoms with Crippen LogP contribution in [0.4, 0.5) is 0 Å². The number of aromatic hydroxyl groups is 1. The van der Waals surface area contributed by atoms with Gasteiger partial charge in [0.1, 0.15) is 6.42 Å². The topological polar surface area (TPSA) is 72.8 Å². The van der Waals surface area contributed by atoms with Gasteiger partial charge in [-0.2, -0.15) is 0 Å². The Hall–Kier alpha value is -2.04. The summed E-state index contributed by atoms with van der Waals surface area (Å²) in [6, 6.07) is 4.20. The molecule has 0 spiro atoms. The third-order valence-corrected chi connectivity index (χ3v) is 2.11. The van der Waals surface area contributed by atoms with Crippen LogP contribution in [0.2, 0.25) is 0 Å². The summed E-state index contributed by atoms with van der Waals surface area (Å²) in [5.41, 5.74) is 0.302. The summed E-state index contributed by atoms with van der Waals surface area (Å²) in [5, 5.41) is 9.45. The van der Waals surface area contributed by atoms with E-state index in [1.54, 1.807) is 6.92 Å². The van der Waals surface area contributed by atoms with Gasteiger partial charge in [-0.25, -0.2) is 0 Å². The Labute approximate surface area is 99.0 Å². The van der Waals surface area contributed by atoms with Crippen molar-refractivity contribution in [1.29, 1.82) is 0 Å². The van der Waals surface area contributed by atoms with Crippen molar-refractivity contribution in [2.24, 2.45) is 0 Å². The van der Waals surface area contributed by atoms with Gasteiger partial charge >= 0.3 is 5.97 Å². The van der Waals surface area contributed by atoms with E-state index in [1.807, 2.05) is 0 Å². The lowest BCUT2D eigenvalue weighted by atomic mass is 10.1. The second-order valence-electron chi connectivity index (χ2n) is 3.29. The Kier molecular flexibility index (Phi) is 4.51. The zero-order valence-corrected chi connectivity index (χ0v) is 9.73. The highest BCUT2D eigenvalue weighted by Gasteiger charge is 2.14. The van der Waals surface area contributed by atoms with Crippen molar-refractivity contribution in [3.8, 4) is 11.5 Å². The van der Waals surface area contributed by atoms with E-state index < -0.39 is 5.97 Å². The first-order valence-corrected chi connectivity index (χ1v) is 5.14. The molecule has 0 amide bonds. The lowest BCUT2D eigenvalue weighted by Gasteiger charge is -2.07. The molecule has 0 aliphatic heterocycles. The van der Waals surface area contributed by atoms with Gasteiger partial charge < -0.3 is 14.6 Å². The fourth-order valence-electron chi connectivity index (χ4n) is 1.26. The monoisotopic (exact) mass is 238 g/mol. The van der Waals surface area contributed by atoms with Crippen LogP contribution in [0.5, 0.6) is 11.5 Å². The van der Waals surface area contributed by atoms with Gasteiger partial charge in [0, 0.05) is 5.56 Å². The quantitative estimate of drug-likeness (QED) is 0.478.